The smallest absolute Gasteiger partial charge is 0.382 e. The second kappa shape index (κ2) is 6.61. The Balaban J connectivity index is 2.84. The zero-order valence-corrected chi connectivity index (χ0v) is 12.8. The third-order valence-corrected chi connectivity index (χ3v) is 3.19. The van der Waals surface area contributed by atoms with Crippen LogP contribution in [-0.4, -0.2) is 31.6 Å². The first kappa shape index (κ1) is 16.3. The molecule has 1 aromatic rings. The third-order valence-electron chi connectivity index (χ3n) is 2.70. The van der Waals surface area contributed by atoms with Crippen molar-refractivity contribution in [3.63, 3.8) is 0 Å². The van der Waals surface area contributed by atoms with Crippen LogP contribution in [-0.2, 0) is 6.18 Å². The van der Waals surface area contributed by atoms with Crippen LogP contribution in [0.3, 0.4) is 0 Å². The summed E-state index contributed by atoms with van der Waals surface area (Å²) in [6.45, 7) is 2.70. The minimum Gasteiger partial charge on any atom is -0.382 e. The van der Waals surface area contributed by atoms with Crippen LogP contribution >= 0.6 is 15.9 Å². The quantitative estimate of drug-likeness (QED) is 0.864. The summed E-state index contributed by atoms with van der Waals surface area (Å²) in [6, 6.07) is 3.93. The van der Waals surface area contributed by atoms with Crippen LogP contribution < -0.4 is 5.32 Å². The van der Waals surface area contributed by atoms with Crippen molar-refractivity contribution in [2.24, 2.45) is 0 Å². The lowest BCUT2D eigenvalue weighted by Crippen LogP contribution is -2.24. The largest absolute Gasteiger partial charge is 0.418 e. The summed E-state index contributed by atoms with van der Waals surface area (Å²) in [5, 5.41) is 2.94. The maximum atomic E-state index is 12.9. The van der Waals surface area contributed by atoms with Gasteiger partial charge in [0, 0.05) is 16.2 Å². The van der Waals surface area contributed by atoms with E-state index < -0.39 is 11.7 Å². The van der Waals surface area contributed by atoms with E-state index in [4.69, 9.17) is 0 Å². The highest BCUT2D eigenvalue weighted by atomic mass is 79.9. The Hall–Kier alpha value is -0.750. The number of nitrogens with zero attached hydrogens (tertiary/aromatic N) is 1. The van der Waals surface area contributed by atoms with Crippen molar-refractivity contribution < 1.29 is 13.2 Å². The van der Waals surface area contributed by atoms with E-state index in [1.807, 2.05) is 25.9 Å². The van der Waals surface area contributed by atoms with E-state index in [0.717, 1.165) is 19.0 Å². The van der Waals surface area contributed by atoms with E-state index in [2.05, 4.69) is 21.2 Å². The van der Waals surface area contributed by atoms with Crippen molar-refractivity contribution in [3.05, 3.63) is 28.2 Å². The van der Waals surface area contributed by atoms with E-state index in [9.17, 15) is 13.2 Å². The minimum atomic E-state index is -4.34. The average molecular weight is 339 g/mol. The molecule has 1 atom stereocenters. The number of hydrogen-bond acceptors (Lipinski definition) is 2. The minimum absolute atomic E-state index is 0.0298. The molecule has 1 unspecified atom stereocenters. The molecule has 2 nitrogen and oxygen atoms in total. The highest BCUT2D eigenvalue weighted by molar-refractivity contribution is 9.10. The lowest BCUT2D eigenvalue weighted by Gasteiger charge is -2.21. The lowest BCUT2D eigenvalue weighted by molar-refractivity contribution is -0.137. The molecule has 6 heteroatoms. The van der Waals surface area contributed by atoms with Crippen molar-refractivity contribution in [1.82, 2.24) is 4.90 Å². The molecule has 0 aliphatic carbocycles. The van der Waals surface area contributed by atoms with Crippen LogP contribution in [0.25, 0.3) is 0 Å². The first-order valence-corrected chi connectivity index (χ1v) is 6.77. The molecule has 0 radical (unpaired) electrons. The van der Waals surface area contributed by atoms with Gasteiger partial charge in [0.15, 0.2) is 0 Å². The van der Waals surface area contributed by atoms with Crippen LogP contribution in [0.4, 0.5) is 18.9 Å². The molecule has 1 aromatic carbocycles. The zero-order chi connectivity index (χ0) is 14.6. The number of nitrogens with one attached hydrogen (secondary N) is 1. The van der Waals surface area contributed by atoms with Gasteiger partial charge in [0.1, 0.15) is 0 Å². The topological polar surface area (TPSA) is 15.3 Å². The maximum absolute atomic E-state index is 12.9. The molecule has 0 spiro atoms. The summed E-state index contributed by atoms with van der Waals surface area (Å²) in [6.07, 6.45) is -3.57. The van der Waals surface area contributed by atoms with Gasteiger partial charge < -0.3 is 10.2 Å². The van der Waals surface area contributed by atoms with Gasteiger partial charge in [0.25, 0.3) is 0 Å². The Morgan fingerprint density at radius 1 is 1.32 bits per heavy atom. The van der Waals surface area contributed by atoms with Gasteiger partial charge in [-0.25, -0.2) is 0 Å². The van der Waals surface area contributed by atoms with Crippen molar-refractivity contribution in [2.75, 3.05) is 26.0 Å². The lowest BCUT2D eigenvalue weighted by atomic mass is 10.1. The Bertz CT molecular complexity index is 419. The first-order chi connectivity index (χ1) is 8.70. The summed E-state index contributed by atoms with van der Waals surface area (Å²) in [5.74, 6) is 0. The number of halogens is 4. The van der Waals surface area contributed by atoms with Gasteiger partial charge in [-0.1, -0.05) is 15.9 Å². The van der Waals surface area contributed by atoms with Gasteiger partial charge >= 0.3 is 6.18 Å². The van der Waals surface area contributed by atoms with Crippen molar-refractivity contribution in [1.29, 1.82) is 0 Å². The SMILES string of the molecule is CC(CCN(C)C)Nc1cc(Br)ccc1C(F)(F)F. The predicted octanol–water partition coefficient (Wildman–Crippen LogP) is 4.22. The van der Waals surface area contributed by atoms with Crippen LogP contribution in [0.2, 0.25) is 0 Å². The van der Waals surface area contributed by atoms with Gasteiger partial charge in [0.2, 0.25) is 0 Å². The first-order valence-electron chi connectivity index (χ1n) is 5.98. The molecule has 0 aromatic heterocycles. The molecule has 0 amide bonds. The summed E-state index contributed by atoms with van der Waals surface area (Å²) in [5.41, 5.74) is -0.513. The highest BCUT2D eigenvalue weighted by Gasteiger charge is 2.33. The Morgan fingerprint density at radius 2 is 1.95 bits per heavy atom. The standard InChI is InChI=1S/C13H18BrF3N2/c1-9(6-7-19(2)3)18-12-8-10(14)4-5-11(12)13(15,16)17/h4-5,8-9,18H,6-7H2,1-3H3. The van der Waals surface area contributed by atoms with Crippen molar-refractivity contribution in [2.45, 2.75) is 25.6 Å². The van der Waals surface area contributed by atoms with Crippen LogP contribution in [0.5, 0.6) is 0 Å². The maximum Gasteiger partial charge on any atom is 0.418 e. The third kappa shape index (κ3) is 5.40. The summed E-state index contributed by atoms with van der Waals surface area (Å²) < 4.78 is 39.3. The molecule has 0 aliphatic rings. The van der Waals surface area contributed by atoms with E-state index in [1.165, 1.54) is 12.1 Å². The monoisotopic (exact) mass is 338 g/mol. The van der Waals surface area contributed by atoms with Gasteiger partial charge in [0.05, 0.1) is 5.56 Å². The Kier molecular flexibility index (Phi) is 5.67. The molecular formula is C13H18BrF3N2. The molecule has 0 bridgehead atoms. The summed E-state index contributed by atoms with van der Waals surface area (Å²) in [4.78, 5) is 2.00. The summed E-state index contributed by atoms with van der Waals surface area (Å²) >= 11 is 3.20. The van der Waals surface area contributed by atoms with Crippen molar-refractivity contribution in [3.8, 4) is 0 Å². The highest BCUT2D eigenvalue weighted by Crippen LogP contribution is 2.36. The normalized spacial score (nSPS) is 13.7. The second-order valence-electron chi connectivity index (χ2n) is 4.83. The number of alkyl halides is 3. The molecule has 0 fully saturated rings. The van der Waals surface area contributed by atoms with Crippen LogP contribution in [0.15, 0.2) is 22.7 Å². The van der Waals surface area contributed by atoms with E-state index in [1.54, 1.807) is 0 Å². The average Bonchev–Trinajstić information content (AvgIpc) is 2.24. The van der Waals surface area contributed by atoms with Crippen LogP contribution in [0, 0.1) is 0 Å². The van der Waals surface area contributed by atoms with Gasteiger partial charge in [-0.2, -0.15) is 13.2 Å². The summed E-state index contributed by atoms with van der Waals surface area (Å²) in [7, 11) is 3.87. The number of rotatable bonds is 5. The van der Waals surface area contributed by atoms with Crippen molar-refractivity contribution >= 4 is 21.6 Å². The van der Waals surface area contributed by atoms with Gasteiger partial charge in [-0.3, -0.25) is 0 Å². The Labute approximate surface area is 120 Å². The molecule has 0 saturated heterocycles. The van der Waals surface area contributed by atoms with E-state index in [-0.39, 0.29) is 11.7 Å². The molecular weight excluding hydrogens is 321 g/mol. The van der Waals surface area contributed by atoms with Gasteiger partial charge in [-0.05, 0) is 52.2 Å². The fourth-order valence-electron chi connectivity index (χ4n) is 1.67. The molecule has 1 N–H and O–H groups in total. The fraction of sp³-hybridized carbons (Fsp3) is 0.538. The second-order valence-corrected chi connectivity index (χ2v) is 5.74. The fourth-order valence-corrected chi connectivity index (χ4v) is 2.03. The van der Waals surface area contributed by atoms with E-state index >= 15 is 0 Å². The number of hydrogen-bond donors (Lipinski definition) is 1. The molecule has 0 heterocycles. The predicted molar refractivity (Wildman–Crippen MR) is 75.4 cm³/mol. The molecule has 108 valence electrons. The Morgan fingerprint density at radius 3 is 2.47 bits per heavy atom. The molecule has 19 heavy (non-hydrogen) atoms. The number of benzene rings is 1. The zero-order valence-electron chi connectivity index (χ0n) is 11.2. The van der Waals surface area contributed by atoms with Crippen LogP contribution in [0.1, 0.15) is 18.9 Å². The molecule has 0 saturated carbocycles. The molecule has 0 aliphatic heterocycles. The van der Waals surface area contributed by atoms with Gasteiger partial charge in [-0.15, -0.1) is 0 Å². The van der Waals surface area contributed by atoms with E-state index in [0.29, 0.717) is 4.47 Å². The molecule has 1 rings (SSSR count). The number of anilines is 1.